The summed E-state index contributed by atoms with van der Waals surface area (Å²) in [5.74, 6) is 1.73. The standard InChI is InChI=1S/C15H32N2/c1-4-6-8-15(5-2)13-17-10-7-9-16-11-14(3)12-17/h14-16H,4-13H2,1-3H3. The van der Waals surface area contributed by atoms with Gasteiger partial charge in [0.15, 0.2) is 0 Å². The highest BCUT2D eigenvalue weighted by molar-refractivity contribution is 4.72. The number of hydrogen-bond acceptors (Lipinski definition) is 2. The molecule has 0 aromatic carbocycles. The van der Waals surface area contributed by atoms with Crippen molar-refractivity contribution in [3.05, 3.63) is 0 Å². The van der Waals surface area contributed by atoms with E-state index in [9.17, 15) is 0 Å². The van der Waals surface area contributed by atoms with Crippen molar-refractivity contribution in [2.75, 3.05) is 32.7 Å². The summed E-state index contributed by atoms with van der Waals surface area (Å²) in [5, 5.41) is 3.53. The Morgan fingerprint density at radius 1 is 1.35 bits per heavy atom. The van der Waals surface area contributed by atoms with E-state index in [2.05, 4.69) is 31.0 Å². The van der Waals surface area contributed by atoms with Gasteiger partial charge in [-0.3, -0.25) is 0 Å². The first-order valence-electron chi connectivity index (χ1n) is 7.69. The summed E-state index contributed by atoms with van der Waals surface area (Å²) in [5.41, 5.74) is 0. The number of unbranched alkanes of at least 4 members (excludes halogenated alkanes) is 1. The lowest BCUT2D eigenvalue weighted by atomic mass is 9.98. The number of hydrogen-bond donors (Lipinski definition) is 1. The van der Waals surface area contributed by atoms with E-state index in [4.69, 9.17) is 0 Å². The first-order valence-corrected chi connectivity index (χ1v) is 7.69. The Labute approximate surface area is 108 Å². The molecule has 2 nitrogen and oxygen atoms in total. The molecule has 0 bridgehead atoms. The zero-order chi connectivity index (χ0) is 12.5. The summed E-state index contributed by atoms with van der Waals surface area (Å²) in [6.45, 7) is 13.3. The van der Waals surface area contributed by atoms with Crippen molar-refractivity contribution in [3.63, 3.8) is 0 Å². The minimum Gasteiger partial charge on any atom is -0.316 e. The van der Waals surface area contributed by atoms with Crippen LogP contribution >= 0.6 is 0 Å². The molecule has 0 spiro atoms. The van der Waals surface area contributed by atoms with Crippen molar-refractivity contribution < 1.29 is 0 Å². The second-order valence-electron chi connectivity index (χ2n) is 5.84. The summed E-state index contributed by atoms with van der Waals surface area (Å²) < 4.78 is 0. The monoisotopic (exact) mass is 240 g/mol. The molecule has 0 amide bonds. The molecule has 17 heavy (non-hydrogen) atoms. The van der Waals surface area contributed by atoms with E-state index < -0.39 is 0 Å². The molecule has 1 heterocycles. The third kappa shape index (κ3) is 6.42. The van der Waals surface area contributed by atoms with Crippen LogP contribution in [0.15, 0.2) is 0 Å². The highest BCUT2D eigenvalue weighted by Crippen LogP contribution is 2.16. The molecule has 2 atom stereocenters. The summed E-state index contributed by atoms with van der Waals surface area (Å²) >= 11 is 0. The fraction of sp³-hybridized carbons (Fsp3) is 1.00. The summed E-state index contributed by atoms with van der Waals surface area (Å²) in [6.07, 6.45) is 6.84. The third-order valence-electron chi connectivity index (χ3n) is 3.95. The summed E-state index contributed by atoms with van der Waals surface area (Å²) in [7, 11) is 0. The molecule has 1 aliphatic rings. The van der Waals surface area contributed by atoms with Gasteiger partial charge in [0.1, 0.15) is 0 Å². The smallest absolute Gasteiger partial charge is 0.00193 e. The van der Waals surface area contributed by atoms with Crippen LogP contribution in [0.2, 0.25) is 0 Å². The molecule has 102 valence electrons. The Bertz CT molecular complexity index is 182. The summed E-state index contributed by atoms with van der Waals surface area (Å²) in [6, 6.07) is 0. The van der Waals surface area contributed by atoms with Crippen LogP contribution in [0, 0.1) is 11.8 Å². The molecule has 2 unspecified atom stereocenters. The molecule has 1 aliphatic heterocycles. The average Bonchev–Trinajstić information content (AvgIpc) is 2.30. The van der Waals surface area contributed by atoms with Gasteiger partial charge in [-0.05, 0) is 44.3 Å². The lowest BCUT2D eigenvalue weighted by Crippen LogP contribution is -2.40. The maximum absolute atomic E-state index is 3.53. The first kappa shape index (κ1) is 15.0. The molecule has 0 aromatic heterocycles. The van der Waals surface area contributed by atoms with Crippen molar-refractivity contribution in [1.29, 1.82) is 0 Å². The lowest BCUT2D eigenvalue weighted by Gasteiger charge is -2.31. The normalized spacial score (nSPS) is 25.2. The van der Waals surface area contributed by atoms with Gasteiger partial charge in [0.05, 0.1) is 0 Å². The molecule has 1 N–H and O–H groups in total. The van der Waals surface area contributed by atoms with E-state index in [-0.39, 0.29) is 0 Å². The molecule has 1 saturated heterocycles. The predicted molar refractivity (Wildman–Crippen MR) is 76.4 cm³/mol. The second-order valence-corrected chi connectivity index (χ2v) is 5.84. The van der Waals surface area contributed by atoms with Crippen molar-refractivity contribution in [3.8, 4) is 0 Å². The van der Waals surface area contributed by atoms with Gasteiger partial charge in [-0.2, -0.15) is 0 Å². The van der Waals surface area contributed by atoms with Crippen molar-refractivity contribution in [2.45, 2.75) is 52.9 Å². The van der Waals surface area contributed by atoms with Gasteiger partial charge in [0.2, 0.25) is 0 Å². The maximum atomic E-state index is 3.53. The third-order valence-corrected chi connectivity index (χ3v) is 3.95. The van der Waals surface area contributed by atoms with E-state index in [1.165, 1.54) is 64.8 Å². The molecule has 0 radical (unpaired) electrons. The van der Waals surface area contributed by atoms with Gasteiger partial charge in [-0.25, -0.2) is 0 Å². The Hall–Kier alpha value is -0.0800. The van der Waals surface area contributed by atoms with E-state index in [1.54, 1.807) is 0 Å². The van der Waals surface area contributed by atoms with Gasteiger partial charge in [-0.15, -0.1) is 0 Å². The quantitative estimate of drug-likeness (QED) is 0.767. The van der Waals surface area contributed by atoms with E-state index in [0.29, 0.717) is 0 Å². The average molecular weight is 240 g/mol. The fourth-order valence-corrected chi connectivity index (χ4v) is 2.82. The summed E-state index contributed by atoms with van der Waals surface area (Å²) in [4.78, 5) is 2.72. The Balaban J connectivity index is 2.34. The van der Waals surface area contributed by atoms with Crippen molar-refractivity contribution in [1.82, 2.24) is 10.2 Å². The van der Waals surface area contributed by atoms with Crippen LogP contribution in [-0.2, 0) is 0 Å². The molecule has 0 aromatic rings. The zero-order valence-electron chi connectivity index (χ0n) is 12.2. The molecule has 0 saturated carbocycles. The second kappa shape index (κ2) is 8.93. The van der Waals surface area contributed by atoms with E-state index in [1.807, 2.05) is 0 Å². The van der Waals surface area contributed by atoms with Gasteiger partial charge < -0.3 is 10.2 Å². The molecule has 1 rings (SSSR count). The van der Waals surface area contributed by atoms with Gasteiger partial charge in [0.25, 0.3) is 0 Å². The van der Waals surface area contributed by atoms with Gasteiger partial charge in [0, 0.05) is 13.1 Å². The van der Waals surface area contributed by atoms with Crippen LogP contribution in [0.1, 0.15) is 52.9 Å². The Morgan fingerprint density at radius 2 is 2.18 bits per heavy atom. The van der Waals surface area contributed by atoms with Crippen molar-refractivity contribution in [2.24, 2.45) is 11.8 Å². The highest BCUT2D eigenvalue weighted by atomic mass is 15.1. The number of rotatable bonds is 6. The number of nitrogens with zero attached hydrogens (tertiary/aromatic N) is 1. The van der Waals surface area contributed by atoms with E-state index in [0.717, 1.165) is 11.8 Å². The maximum Gasteiger partial charge on any atom is 0.00193 e. The topological polar surface area (TPSA) is 15.3 Å². The molecule has 0 aliphatic carbocycles. The fourth-order valence-electron chi connectivity index (χ4n) is 2.82. The minimum atomic E-state index is 0.805. The van der Waals surface area contributed by atoms with Crippen LogP contribution in [0.25, 0.3) is 0 Å². The number of nitrogens with one attached hydrogen (secondary N) is 1. The minimum absolute atomic E-state index is 0.805. The molecule has 2 heteroatoms. The first-order chi connectivity index (χ1) is 8.26. The van der Waals surface area contributed by atoms with Crippen LogP contribution < -0.4 is 5.32 Å². The predicted octanol–water partition coefficient (Wildman–Crippen LogP) is 3.13. The Morgan fingerprint density at radius 3 is 2.88 bits per heavy atom. The van der Waals surface area contributed by atoms with Crippen LogP contribution in [0.5, 0.6) is 0 Å². The highest BCUT2D eigenvalue weighted by Gasteiger charge is 2.16. The molecule has 1 fully saturated rings. The lowest BCUT2D eigenvalue weighted by molar-refractivity contribution is 0.179. The van der Waals surface area contributed by atoms with Gasteiger partial charge >= 0.3 is 0 Å². The zero-order valence-corrected chi connectivity index (χ0v) is 12.2. The van der Waals surface area contributed by atoms with Crippen molar-refractivity contribution >= 4 is 0 Å². The molecular formula is C15H32N2. The SMILES string of the molecule is CCCCC(CC)CN1CCCNCC(C)C1. The van der Waals surface area contributed by atoms with Crippen LogP contribution in [0.4, 0.5) is 0 Å². The molecular weight excluding hydrogens is 208 g/mol. The van der Waals surface area contributed by atoms with Crippen LogP contribution in [-0.4, -0.2) is 37.6 Å². The largest absolute Gasteiger partial charge is 0.316 e. The van der Waals surface area contributed by atoms with Gasteiger partial charge in [-0.1, -0.05) is 40.0 Å². The van der Waals surface area contributed by atoms with Crippen LogP contribution in [0.3, 0.4) is 0 Å². The Kier molecular flexibility index (Phi) is 7.87. The van der Waals surface area contributed by atoms with E-state index >= 15 is 0 Å².